The number of carbonyl (C=O) groups excluding carboxylic acids is 1. The van der Waals surface area contributed by atoms with E-state index in [0.29, 0.717) is 12.6 Å². The maximum absolute atomic E-state index is 13.9. The Morgan fingerprint density at radius 3 is 2.76 bits per heavy atom. The molecule has 1 aliphatic rings. The van der Waals surface area contributed by atoms with Crippen LogP contribution >= 0.6 is 0 Å². The molecule has 0 spiro atoms. The lowest BCUT2D eigenvalue weighted by Crippen LogP contribution is -2.35. The number of anilines is 2. The highest BCUT2D eigenvalue weighted by Gasteiger charge is 2.19. The summed E-state index contributed by atoms with van der Waals surface area (Å²) < 4.78 is 18.6. The van der Waals surface area contributed by atoms with E-state index in [9.17, 15) is 9.18 Å². The van der Waals surface area contributed by atoms with Crippen LogP contribution in [0, 0.1) is 5.82 Å². The van der Waals surface area contributed by atoms with E-state index in [1.165, 1.54) is 26.0 Å². The van der Waals surface area contributed by atoms with Crippen molar-refractivity contribution >= 4 is 17.3 Å². The van der Waals surface area contributed by atoms with E-state index in [0.717, 1.165) is 19.2 Å². The minimum absolute atomic E-state index is 0.0810. The maximum Gasteiger partial charge on any atom is 0.340 e. The van der Waals surface area contributed by atoms with Gasteiger partial charge in [-0.15, -0.1) is 0 Å². The first-order chi connectivity index (χ1) is 10.0. The summed E-state index contributed by atoms with van der Waals surface area (Å²) in [7, 11) is 1.27. The Hall–Kier alpha value is -1.82. The molecule has 1 atom stereocenters. The number of halogens is 1. The lowest BCUT2D eigenvalue weighted by atomic mass is 10.1. The van der Waals surface area contributed by atoms with Crippen LogP contribution in [0.25, 0.3) is 0 Å². The molecule has 0 saturated carbocycles. The number of methoxy groups -OCH3 is 1. The van der Waals surface area contributed by atoms with Crippen LogP contribution in [-0.4, -0.2) is 43.7 Å². The van der Waals surface area contributed by atoms with Crippen LogP contribution in [0.5, 0.6) is 0 Å². The zero-order valence-corrected chi connectivity index (χ0v) is 12.5. The molecule has 0 bridgehead atoms. The Morgan fingerprint density at radius 2 is 2.14 bits per heavy atom. The SMILES string of the molecule is COC(=O)c1cc(NCC(C)N2CCCC2)c(F)cc1N. The number of hydrogen-bond acceptors (Lipinski definition) is 5. The average Bonchev–Trinajstić information content (AvgIpc) is 2.99. The molecule has 3 N–H and O–H groups in total. The van der Waals surface area contributed by atoms with Crippen LogP contribution in [0.1, 0.15) is 30.1 Å². The number of nitrogens with zero attached hydrogens (tertiary/aromatic N) is 1. The molecule has 1 fully saturated rings. The number of nitrogen functional groups attached to an aromatic ring is 1. The van der Waals surface area contributed by atoms with Crippen LogP contribution in [0.15, 0.2) is 12.1 Å². The van der Waals surface area contributed by atoms with Gasteiger partial charge < -0.3 is 15.8 Å². The standard InChI is InChI=1S/C15H22FN3O2/c1-10(19-5-3-4-6-19)9-18-14-7-11(15(20)21-2)13(17)8-12(14)16/h7-8,10,18H,3-6,9,17H2,1-2H3. The summed E-state index contributed by atoms with van der Waals surface area (Å²) in [5.41, 5.74) is 6.18. The fourth-order valence-corrected chi connectivity index (χ4v) is 2.58. The molecule has 6 heteroatoms. The number of hydrogen-bond donors (Lipinski definition) is 2. The van der Waals surface area contributed by atoms with Gasteiger partial charge in [0.1, 0.15) is 5.82 Å². The minimum Gasteiger partial charge on any atom is -0.465 e. The first-order valence-corrected chi connectivity index (χ1v) is 7.18. The van der Waals surface area contributed by atoms with Gasteiger partial charge in [0.25, 0.3) is 0 Å². The Labute approximate surface area is 124 Å². The molecule has 1 aliphatic heterocycles. The molecule has 0 radical (unpaired) electrons. The Bertz CT molecular complexity index is 516. The van der Waals surface area contributed by atoms with Crippen molar-refractivity contribution in [2.75, 3.05) is 37.8 Å². The zero-order chi connectivity index (χ0) is 15.4. The van der Waals surface area contributed by atoms with Crippen molar-refractivity contribution in [3.05, 3.63) is 23.5 Å². The normalized spacial score (nSPS) is 16.7. The van der Waals surface area contributed by atoms with Crippen LogP contribution in [0.2, 0.25) is 0 Å². The quantitative estimate of drug-likeness (QED) is 0.643. The van der Waals surface area contributed by atoms with Crippen molar-refractivity contribution in [1.82, 2.24) is 4.90 Å². The molecule has 0 amide bonds. The Balaban J connectivity index is 2.06. The molecule has 5 nitrogen and oxygen atoms in total. The number of ether oxygens (including phenoxy) is 1. The number of nitrogens with one attached hydrogen (secondary N) is 1. The fraction of sp³-hybridized carbons (Fsp3) is 0.533. The van der Waals surface area contributed by atoms with Gasteiger partial charge in [0.2, 0.25) is 0 Å². The van der Waals surface area contributed by atoms with Crippen LogP contribution in [-0.2, 0) is 4.74 Å². The summed E-state index contributed by atoms with van der Waals surface area (Å²) in [5, 5.41) is 3.06. The number of benzene rings is 1. The van der Waals surface area contributed by atoms with E-state index >= 15 is 0 Å². The van der Waals surface area contributed by atoms with E-state index in [4.69, 9.17) is 5.73 Å². The molecule has 0 aliphatic carbocycles. The van der Waals surface area contributed by atoms with Gasteiger partial charge in [0.15, 0.2) is 0 Å². The summed E-state index contributed by atoms with van der Waals surface area (Å²) in [6, 6.07) is 2.87. The third kappa shape index (κ3) is 3.64. The second-order valence-electron chi connectivity index (χ2n) is 5.38. The molecular weight excluding hydrogens is 273 g/mol. The average molecular weight is 295 g/mol. The Kier molecular flexibility index (Phi) is 5.01. The van der Waals surface area contributed by atoms with E-state index in [2.05, 4.69) is 21.9 Å². The molecular formula is C15H22FN3O2. The van der Waals surface area contributed by atoms with Crippen LogP contribution < -0.4 is 11.1 Å². The van der Waals surface area contributed by atoms with Crippen molar-refractivity contribution in [3.8, 4) is 0 Å². The molecule has 1 unspecified atom stereocenters. The van der Waals surface area contributed by atoms with Gasteiger partial charge in [0.05, 0.1) is 18.4 Å². The van der Waals surface area contributed by atoms with E-state index in [-0.39, 0.29) is 16.9 Å². The summed E-state index contributed by atoms with van der Waals surface area (Å²) in [4.78, 5) is 13.9. The molecule has 1 heterocycles. The van der Waals surface area contributed by atoms with Gasteiger partial charge >= 0.3 is 5.97 Å². The number of esters is 1. The van der Waals surface area contributed by atoms with Gasteiger partial charge in [-0.3, -0.25) is 4.90 Å². The highest BCUT2D eigenvalue weighted by Crippen LogP contribution is 2.23. The fourth-order valence-electron chi connectivity index (χ4n) is 2.58. The topological polar surface area (TPSA) is 67.6 Å². The summed E-state index contributed by atoms with van der Waals surface area (Å²) in [6.45, 7) is 4.89. The third-order valence-corrected chi connectivity index (χ3v) is 3.90. The van der Waals surface area contributed by atoms with Gasteiger partial charge in [-0.05, 0) is 45.0 Å². The molecule has 2 rings (SSSR count). The maximum atomic E-state index is 13.9. The first kappa shape index (κ1) is 15.6. The van der Waals surface area contributed by atoms with Gasteiger partial charge in [0, 0.05) is 18.3 Å². The zero-order valence-electron chi connectivity index (χ0n) is 12.5. The van der Waals surface area contributed by atoms with E-state index in [1.807, 2.05) is 0 Å². The van der Waals surface area contributed by atoms with E-state index in [1.54, 1.807) is 0 Å². The Morgan fingerprint density at radius 1 is 1.48 bits per heavy atom. The highest BCUT2D eigenvalue weighted by atomic mass is 19.1. The molecule has 0 aromatic heterocycles. The first-order valence-electron chi connectivity index (χ1n) is 7.18. The summed E-state index contributed by atoms with van der Waals surface area (Å²) >= 11 is 0. The molecule has 1 aromatic carbocycles. The molecule has 21 heavy (non-hydrogen) atoms. The number of nitrogens with two attached hydrogens (primary N) is 1. The predicted octanol–water partition coefficient (Wildman–Crippen LogP) is 2.09. The van der Waals surface area contributed by atoms with Crippen LogP contribution in [0.4, 0.5) is 15.8 Å². The smallest absolute Gasteiger partial charge is 0.340 e. The predicted molar refractivity (Wildman–Crippen MR) is 80.9 cm³/mol. The lowest BCUT2D eigenvalue weighted by molar-refractivity contribution is 0.0602. The van der Waals surface area contributed by atoms with Crippen molar-refractivity contribution in [3.63, 3.8) is 0 Å². The van der Waals surface area contributed by atoms with Gasteiger partial charge in [-0.1, -0.05) is 0 Å². The number of carbonyl (C=O) groups is 1. The lowest BCUT2D eigenvalue weighted by Gasteiger charge is -2.24. The largest absolute Gasteiger partial charge is 0.465 e. The van der Waals surface area contributed by atoms with Gasteiger partial charge in [-0.25, -0.2) is 9.18 Å². The summed E-state index contributed by atoms with van der Waals surface area (Å²) in [5.74, 6) is -1.03. The third-order valence-electron chi connectivity index (χ3n) is 3.90. The number of rotatable bonds is 5. The second-order valence-corrected chi connectivity index (χ2v) is 5.38. The van der Waals surface area contributed by atoms with Crippen molar-refractivity contribution in [2.45, 2.75) is 25.8 Å². The summed E-state index contributed by atoms with van der Waals surface area (Å²) in [6.07, 6.45) is 2.43. The molecule has 1 aromatic rings. The monoisotopic (exact) mass is 295 g/mol. The molecule has 116 valence electrons. The second kappa shape index (κ2) is 6.76. The van der Waals surface area contributed by atoms with Crippen LogP contribution in [0.3, 0.4) is 0 Å². The van der Waals surface area contributed by atoms with Crippen molar-refractivity contribution in [1.29, 1.82) is 0 Å². The van der Waals surface area contributed by atoms with Gasteiger partial charge in [-0.2, -0.15) is 0 Å². The highest BCUT2D eigenvalue weighted by molar-refractivity contribution is 5.96. The van der Waals surface area contributed by atoms with Crippen molar-refractivity contribution in [2.24, 2.45) is 0 Å². The minimum atomic E-state index is -0.567. The van der Waals surface area contributed by atoms with Crippen molar-refractivity contribution < 1.29 is 13.9 Å². The number of likely N-dealkylation sites (tertiary alicyclic amines) is 1. The van der Waals surface area contributed by atoms with E-state index < -0.39 is 11.8 Å². The molecule has 1 saturated heterocycles.